The molecule has 48 valence electrons. The standard InChI is InChI=1S/BH3O3.BO3.2Ba/c2*2-1(3)4;;/h2-4H;;;/q;-3;2*+2. The van der Waals surface area contributed by atoms with Gasteiger partial charge in [-0.3, -0.25) is 7.32 Å². The predicted molar refractivity (Wildman–Crippen MR) is 29.7 cm³/mol. The van der Waals surface area contributed by atoms with Gasteiger partial charge in [0.25, 0.3) is 0 Å². The van der Waals surface area contributed by atoms with Gasteiger partial charge in [0.1, 0.15) is 0 Å². The van der Waals surface area contributed by atoms with Crippen LogP contribution in [0.15, 0.2) is 0 Å². The largest absolute Gasteiger partial charge is 2.00 e. The summed E-state index contributed by atoms with van der Waals surface area (Å²) < 4.78 is 0. The zero-order valence-corrected chi connectivity index (χ0v) is 14.0. The molecule has 0 aromatic carbocycles. The van der Waals surface area contributed by atoms with E-state index in [1.54, 1.807) is 0 Å². The minimum atomic E-state index is -2.92. The Morgan fingerprint density at radius 1 is 0.800 bits per heavy atom. The smallest absolute Gasteiger partial charge is 0.907 e. The van der Waals surface area contributed by atoms with Gasteiger partial charge in [-0.25, -0.2) is 0 Å². The molecule has 0 aromatic heterocycles. The molecule has 0 aliphatic rings. The third kappa shape index (κ3) is 121. The predicted octanol–water partition coefficient (Wildman–Crippen LogP) is -6.76. The van der Waals surface area contributed by atoms with Crippen molar-refractivity contribution < 1.29 is 30.1 Å². The van der Waals surface area contributed by atoms with E-state index in [1.165, 1.54) is 0 Å². The summed E-state index contributed by atoms with van der Waals surface area (Å²) in [7, 11) is -5.08. The summed E-state index contributed by atoms with van der Waals surface area (Å²) in [6.07, 6.45) is 0. The van der Waals surface area contributed by atoms with Crippen molar-refractivity contribution in [2.24, 2.45) is 0 Å². The van der Waals surface area contributed by atoms with Gasteiger partial charge in [0.05, 0.1) is 0 Å². The maximum Gasteiger partial charge on any atom is 2.00 e. The van der Waals surface area contributed by atoms with Crippen molar-refractivity contribution >= 4 is 112 Å². The normalized spacial score (nSPS) is 5.40. The van der Waals surface area contributed by atoms with E-state index < -0.39 is 14.6 Å². The first-order valence-corrected chi connectivity index (χ1v) is 1.48. The van der Waals surface area contributed by atoms with Crippen LogP contribution in [-0.2, 0) is 0 Å². The molecule has 0 spiro atoms. The van der Waals surface area contributed by atoms with Crippen molar-refractivity contribution in [3.8, 4) is 0 Å². The molecule has 10 heavy (non-hydrogen) atoms. The first-order valence-electron chi connectivity index (χ1n) is 1.48. The molecular weight excluding hydrogens is 392 g/mol. The fourth-order valence-corrected chi connectivity index (χ4v) is 0. The third-order valence-electron chi connectivity index (χ3n) is 0. The van der Waals surface area contributed by atoms with Gasteiger partial charge in [-0.1, -0.05) is 0 Å². The van der Waals surface area contributed by atoms with E-state index in [2.05, 4.69) is 0 Å². The SMILES string of the molecule is OB(O)O.[Ba+2].[Ba+2].[O-]B([O-])[O-]. The summed E-state index contributed by atoms with van der Waals surface area (Å²) in [6.45, 7) is 0. The van der Waals surface area contributed by atoms with Crippen molar-refractivity contribution in [3.63, 3.8) is 0 Å². The van der Waals surface area contributed by atoms with Gasteiger partial charge >= 0.3 is 105 Å². The summed E-state index contributed by atoms with van der Waals surface area (Å²) in [5.41, 5.74) is 0. The molecule has 10 heteroatoms. The zero-order chi connectivity index (χ0) is 7.15. The van der Waals surface area contributed by atoms with E-state index in [9.17, 15) is 0 Å². The Labute approximate surface area is 139 Å². The summed E-state index contributed by atoms with van der Waals surface area (Å²) in [4.78, 5) is 0. The Hall–Kier alpha value is 3.03. The van der Waals surface area contributed by atoms with E-state index in [-0.39, 0.29) is 97.8 Å². The third-order valence-corrected chi connectivity index (χ3v) is 0. The molecule has 0 atom stereocenters. The van der Waals surface area contributed by atoms with Crippen LogP contribution >= 0.6 is 0 Å². The molecule has 0 saturated carbocycles. The van der Waals surface area contributed by atoms with E-state index in [1.807, 2.05) is 0 Å². The van der Waals surface area contributed by atoms with Gasteiger partial charge < -0.3 is 30.1 Å². The van der Waals surface area contributed by atoms with Crippen molar-refractivity contribution in [2.45, 2.75) is 0 Å². The molecule has 3 N–H and O–H groups in total. The minimum Gasteiger partial charge on any atom is -0.907 e. The Morgan fingerprint density at radius 3 is 0.800 bits per heavy atom. The van der Waals surface area contributed by atoms with E-state index in [4.69, 9.17) is 30.1 Å². The van der Waals surface area contributed by atoms with Crippen LogP contribution in [0.3, 0.4) is 0 Å². The molecule has 6 nitrogen and oxygen atoms in total. The molecule has 0 heterocycles. The average Bonchev–Trinajstić information content (AvgIpc) is 1.25. The molecule has 0 fully saturated rings. The Balaban J connectivity index is -0.0000000300. The topological polar surface area (TPSA) is 130 Å². The van der Waals surface area contributed by atoms with Crippen LogP contribution in [0, 0.1) is 0 Å². The van der Waals surface area contributed by atoms with Crippen LogP contribution in [0.4, 0.5) is 0 Å². The van der Waals surface area contributed by atoms with Crippen molar-refractivity contribution in [1.82, 2.24) is 0 Å². The molecule has 0 radical (unpaired) electrons. The summed E-state index contributed by atoms with van der Waals surface area (Å²) in [5, 5.41) is 46.7. The average molecular weight is 395 g/mol. The van der Waals surface area contributed by atoms with E-state index in [0.29, 0.717) is 0 Å². The molecule has 0 unspecified atom stereocenters. The van der Waals surface area contributed by atoms with Crippen LogP contribution in [0.1, 0.15) is 0 Å². The summed E-state index contributed by atoms with van der Waals surface area (Å²) >= 11 is 0. The number of hydrogen-bond acceptors (Lipinski definition) is 6. The fraction of sp³-hybridized carbons (Fsp3) is 0. The fourth-order valence-electron chi connectivity index (χ4n) is 0. The molecule has 0 aliphatic heterocycles. The minimum absolute atomic E-state index is 0. The quantitative estimate of drug-likeness (QED) is 0.350. The maximum absolute atomic E-state index is 8.42. The summed E-state index contributed by atoms with van der Waals surface area (Å²) in [5.74, 6) is 0. The Kier molecular flexibility index (Phi) is 41.5. The second-order valence-electron chi connectivity index (χ2n) is 0.635. The maximum atomic E-state index is 8.42. The second-order valence-corrected chi connectivity index (χ2v) is 0.635. The van der Waals surface area contributed by atoms with Crippen LogP contribution in [0.2, 0.25) is 0 Å². The van der Waals surface area contributed by atoms with Crippen LogP contribution in [0.25, 0.3) is 0 Å². The van der Waals surface area contributed by atoms with Gasteiger partial charge in [0.15, 0.2) is 0 Å². The molecule has 0 aromatic rings. The van der Waals surface area contributed by atoms with Gasteiger partial charge in [-0.15, -0.1) is 0 Å². The molecule has 0 amide bonds. The van der Waals surface area contributed by atoms with Gasteiger partial charge in [-0.2, -0.15) is 0 Å². The van der Waals surface area contributed by atoms with Gasteiger partial charge in [0.2, 0.25) is 0 Å². The monoisotopic (exact) mass is 397 g/mol. The first kappa shape index (κ1) is 23.1. The van der Waals surface area contributed by atoms with Crippen LogP contribution in [0.5, 0.6) is 0 Å². The van der Waals surface area contributed by atoms with Crippen molar-refractivity contribution in [3.05, 3.63) is 0 Å². The molecule has 0 saturated heterocycles. The summed E-state index contributed by atoms with van der Waals surface area (Å²) in [6, 6.07) is 0. The van der Waals surface area contributed by atoms with Crippen molar-refractivity contribution in [2.75, 3.05) is 0 Å². The molecular formula is H3B2Ba2O6+. The number of hydrogen-bond donors (Lipinski definition) is 3. The van der Waals surface area contributed by atoms with Crippen molar-refractivity contribution in [1.29, 1.82) is 0 Å². The van der Waals surface area contributed by atoms with E-state index >= 15 is 0 Å². The Bertz CT molecular complexity index is 29.2. The Morgan fingerprint density at radius 2 is 0.800 bits per heavy atom. The first-order chi connectivity index (χ1) is 3.46. The van der Waals surface area contributed by atoms with Gasteiger partial charge in [-0.05, 0) is 0 Å². The zero-order valence-electron chi connectivity index (χ0n) is 5.14. The van der Waals surface area contributed by atoms with Crippen LogP contribution in [-0.4, -0.2) is 127 Å². The van der Waals surface area contributed by atoms with Gasteiger partial charge in [0, 0.05) is 0 Å². The molecule has 0 bridgehead atoms. The number of rotatable bonds is 0. The van der Waals surface area contributed by atoms with Crippen LogP contribution < -0.4 is 15.1 Å². The van der Waals surface area contributed by atoms with E-state index in [0.717, 1.165) is 0 Å². The second kappa shape index (κ2) is 18.0. The molecule has 0 aliphatic carbocycles. The molecule has 0 rings (SSSR count).